The second-order valence-corrected chi connectivity index (χ2v) is 7.45. The van der Waals surface area contributed by atoms with Gasteiger partial charge in [-0.25, -0.2) is 4.79 Å². The van der Waals surface area contributed by atoms with E-state index in [0.717, 1.165) is 5.69 Å². The van der Waals surface area contributed by atoms with E-state index in [1.807, 2.05) is 45.9 Å². The molecule has 0 radical (unpaired) electrons. The number of amides is 2. The van der Waals surface area contributed by atoms with E-state index in [1.54, 1.807) is 18.0 Å². The molecule has 2 amide bonds. The maximum absolute atomic E-state index is 12.5. The van der Waals surface area contributed by atoms with Gasteiger partial charge in [-0.2, -0.15) is 0 Å². The van der Waals surface area contributed by atoms with Crippen LogP contribution < -0.4 is 5.32 Å². The zero-order chi connectivity index (χ0) is 17.0. The smallest absolute Gasteiger partial charge is 0.411 e. The lowest BCUT2D eigenvalue weighted by atomic mass is 10.2. The fraction of sp³-hybridized carbons (Fsp3) is 0.562. The van der Waals surface area contributed by atoms with Crippen molar-refractivity contribution in [1.29, 1.82) is 0 Å². The molecule has 0 saturated carbocycles. The average molecular weight is 337 g/mol. The molecule has 1 aromatic heterocycles. The largest absolute Gasteiger partial charge is 0.444 e. The van der Waals surface area contributed by atoms with Crippen molar-refractivity contribution in [3.05, 3.63) is 30.1 Å². The molecule has 1 aliphatic rings. The second kappa shape index (κ2) is 7.21. The Morgan fingerprint density at radius 2 is 2.17 bits per heavy atom. The first-order chi connectivity index (χ1) is 10.8. The molecule has 1 N–H and O–H groups in total. The summed E-state index contributed by atoms with van der Waals surface area (Å²) in [4.78, 5) is 30.5. The summed E-state index contributed by atoms with van der Waals surface area (Å²) in [5.41, 5.74) is 0.211. The molecule has 0 aromatic carbocycles. The summed E-state index contributed by atoms with van der Waals surface area (Å²) in [6.07, 6.45) is 1.24. The fourth-order valence-electron chi connectivity index (χ4n) is 2.18. The van der Waals surface area contributed by atoms with Crippen molar-refractivity contribution in [2.24, 2.45) is 0 Å². The van der Waals surface area contributed by atoms with Gasteiger partial charge in [-0.15, -0.1) is 11.8 Å². The van der Waals surface area contributed by atoms with Crippen LogP contribution in [0.15, 0.2) is 24.4 Å². The van der Waals surface area contributed by atoms with Gasteiger partial charge in [0.15, 0.2) is 0 Å². The number of hydrogen-bond donors (Lipinski definition) is 1. The molecule has 0 aliphatic carbocycles. The van der Waals surface area contributed by atoms with Crippen LogP contribution in [-0.4, -0.2) is 45.2 Å². The third-order valence-corrected chi connectivity index (χ3v) is 4.32. The highest BCUT2D eigenvalue weighted by atomic mass is 32.2. The van der Waals surface area contributed by atoms with Crippen LogP contribution in [0.4, 0.5) is 4.79 Å². The first kappa shape index (κ1) is 17.6. The number of carbonyl (C=O) groups excluding carboxylic acids is 2. The van der Waals surface area contributed by atoms with Crippen molar-refractivity contribution in [2.75, 3.05) is 11.6 Å². The van der Waals surface area contributed by atoms with Crippen molar-refractivity contribution in [2.45, 2.75) is 45.4 Å². The Morgan fingerprint density at radius 1 is 1.43 bits per heavy atom. The maximum atomic E-state index is 12.5. The van der Waals surface area contributed by atoms with E-state index < -0.39 is 17.7 Å². The fourth-order valence-corrected chi connectivity index (χ4v) is 3.32. The van der Waals surface area contributed by atoms with Gasteiger partial charge in [0, 0.05) is 11.9 Å². The first-order valence-corrected chi connectivity index (χ1v) is 8.72. The molecule has 1 aromatic rings. The highest BCUT2D eigenvalue weighted by Gasteiger charge is 2.37. The minimum atomic E-state index is -0.577. The number of rotatable bonds is 3. The number of nitrogens with zero attached hydrogens (tertiary/aromatic N) is 2. The van der Waals surface area contributed by atoms with Crippen LogP contribution >= 0.6 is 11.8 Å². The van der Waals surface area contributed by atoms with E-state index in [9.17, 15) is 9.59 Å². The van der Waals surface area contributed by atoms with E-state index in [0.29, 0.717) is 11.6 Å². The van der Waals surface area contributed by atoms with Gasteiger partial charge in [-0.05, 0) is 39.8 Å². The zero-order valence-electron chi connectivity index (χ0n) is 13.9. The third-order valence-electron chi connectivity index (χ3n) is 3.30. The SMILES string of the molecule is CC(NC(=O)C1CSCN1C(=O)OC(C)(C)C)c1ccccn1. The standard InChI is InChI=1S/C16H23N3O3S/c1-11(12-7-5-6-8-17-12)18-14(20)13-9-23-10-19(13)15(21)22-16(2,3)4/h5-8,11,13H,9-10H2,1-4H3,(H,18,20). The molecule has 6 nitrogen and oxygen atoms in total. The second-order valence-electron chi connectivity index (χ2n) is 6.45. The predicted molar refractivity (Wildman–Crippen MR) is 90.0 cm³/mol. The van der Waals surface area contributed by atoms with Gasteiger partial charge >= 0.3 is 6.09 Å². The summed E-state index contributed by atoms with van der Waals surface area (Å²) in [6, 6.07) is 4.84. The van der Waals surface area contributed by atoms with Crippen LogP contribution in [0, 0.1) is 0 Å². The summed E-state index contributed by atoms with van der Waals surface area (Å²) in [5, 5.41) is 2.92. The molecule has 1 fully saturated rings. The van der Waals surface area contributed by atoms with Gasteiger partial charge < -0.3 is 10.1 Å². The topological polar surface area (TPSA) is 71.5 Å². The highest BCUT2D eigenvalue weighted by Crippen LogP contribution is 2.24. The lowest BCUT2D eigenvalue weighted by Crippen LogP contribution is -2.49. The van der Waals surface area contributed by atoms with Gasteiger partial charge in [-0.1, -0.05) is 6.07 Å². The lowest BCUT2D eigenvalue weighted by Gasteiger charge is -2.28. The Balaban J connectivity index is 1.99. The average Bonchev–Trinajstić information content (AvgIpc) is 2.96. The number of hydrogen-bond acceptors (Lipinski definition) is 5. The van der Waals surface area contributed by atoms with Gasteiger partial charge in [0.25, 0.3) is 0 Å². The quantitative estimate of drug-likeness (QED) is 0.918. The summed E-state index contributed by atoms with van der Waals surface area (Å²) >= 11 is 1.54. The Morgan fingerprint density at radius 3 is 2.78 bits per heavy atom. The number of ether oxygens (including phenoxy) is 1. The number of thioether (sulfide) groups is 1. The molecule has 0 spiro atoms. The number of aromatic nitrogens is 1. The van der Waals surface area contributed by atoms with Crippen LogP contribution in [0.25, 0.3) is 0 Å². The lowest BCUT2D eigenvalue weighted by molar-refractivity contribution is -0.125. The summed E-state index contributed by atoms with van der Waals surface area (Å²) in [6.45, 7) is 7.31. The number of nitrogens with one attached hydrogen (secondary N) is 1. The molecule has 126 valence electrons. The van der Waals surface area contributed by atoms with E-state index in [4.69, 9.17) is 4.74 Å². The van der Waals surface area contributed by atoms with E-state index in [-0.39, 0.29) is 11.9 Å². The molecular weight excluding hydrogens is 314 g/mol. The van der Waals surface area contributed by atoms with Gasteiger partial charge in [0.2, 0.25) is 5.91 Å². The molecule has 2 atom stereocenters. The molecule has 7 heteroatoms. The Labute approximate surface area is 141 Å². The van der Waals surface area contributed by atoms with Crippen LogP contribution in [0.1, 0.15) is 39.4 Å². The maximum Gasteiger partial charge on any atom is 0.411 e. The van der Waals surface area contributed by atoms with Crippen molar-refractivity contribution in [3.63, 3.8) is 0 Å². The summed E-state index contributed by atoms with van der Waals surface area (Å²) < 4.78 is 5.37. The summed E-state index contributed by atoms with van der Waals surface area (Å²) in [5.74, 6) is 0.851. The van der Waals surface area contributed by atoms with Crippen LogP contribution in [0.3, 0.4) is 0 Å². The van der Waals surface area contributed by atoms with Crippen molar-refractivity contribution in [3.8, 4) is 0 Å². The van der Waals surface area contributed by atoms with Gasteiger partial charge in [0.1, 0.15) is 11.6 Å². The van der Waals surface area contributed by atoms with Gasteiger partial charge in [-0.3, -0.25) is 14.7 Å². The normalized spacial score (nSPS) is 19.3. The van der Waals surface area contributed by atoms with Crippen LogP contribution in [0.2, 0.25) is 0 Å². The molecule has 2 rings (SSSR count). The van der Waals surface area contributed by atoms with Gasteiger partial charge in [0.05, 0.1) is 17.6 Å². The molecule has 1 aliphatic heterocycles. The monoisotopic (exact) mass is 337 g/mol. The molecular formula is C16H23N3O3S. The van der Waals surface area contributed by atoms with E-state index >= 15 is 0 Å². The number of carbonyl (C=O) groups is 2. The minimum absolute atomic E-state index is 0.181. The molecule has 1 saturated heterocycles. The van der Waals surface area contributed by atoms with Crippen molar-refractivity contribution >= 4 is 23.8 Å². The van der Waals surface area contributed by atoms with E-state index in [1.165, 1.54) is 4.90 Å². The van der Waals surface area contributed by atoms with E-state index in [2.05, 4.69) is 10.3 Å². The predicted octanol–water partition coefficient (Wildman–Crippen LogP) is 2.57. The molecule has 2 unspecified atom stereocenters. The molecule has 2 heterocycles. The van der Waals surface area contributed by atoms with Crippen LogP contribution in [0.5, 0.6) is 0 Å². The summed E-state index contributed by atoms with van der Waals surface area (Å²) in [7, 11) is 0. The van der Waals surface area contributed by atoms with Crippen LogP contribution in [-0.2, 0) is 9.53 Å². The zero-order valence-corrected chi connectivity index (χ0v) is 14.7. The molecule has 23 heavy (non-hydrogen) atoms. The number of pyridine rings is 1. The van der Waals surface area contributed by atoms with Crippen molar-refractivity contribution in [1.82, 2.24) is 15.2 Å². The minimum Gasteiger partial charge on any atom is -0.444 e. The highest BCUT2D eigenvalue weighted by molar-refractivity contribution is 7.99. The molecule has 0 bridgehead atoms. The van der Waals surface area contributed by atoms with Crippen molar-refractivity contribution < 1.29 is 14.3 Å². The first-order valence-electron chi connectivity index (χ1n) is 7.56. The Hall–Kier alpha value is -1.76. The third kappa shape index (κ3) is 4.86. The Bertz CT molecular complexity index is 559. The Kier molecular flexibility index (Phi) is 5.51.